The summed E-state index contributed by atoms with van der Waals surface area (Å²) in [7, 11) is -3.34. The maximum atomic E-state index is 11.5. The van der Waals surface area contributed by atoms with Crippen LogP contribution in [-0.2, 0) is 20.2 Å². The zero-order chi connectivity index (χ0) is 13.4. The van der Waals surface area contributed by atoms with E-state index in [0.717, 1.165) is 31.1 Å². The van der Waals surface area contributed by atoms with E-state index in [-0.39, 0.29) is 9.92 Å². The molecule has 0 saturated heterocycles. The molecule has 1 aliphatic carbocycles. The van der Waals surface area contributed by atoms with Gasteiger partial charge in [-0.15, -0.1) is 0 Å². The molecule has 96 valence electrons. The summed E-state index contributed by atoms with van der Waals surface area (Å²) >= 11 is 5.98. The molecule has 0 unspecified atom stereocenters. The highest BCUT2D eigenvalue weighted by Crippen LogP contribution is 2.45. The van der Waals surface area contributed by atoms with Gasteiger partial charge in [0.05, 0.1) is 15.5 Å². The minimum Gasteiger partial charge on any atom is -0.224 e. The van der Waals surface area contributed by atoms with Gasteiger partial charge in [0.2, 0.25) is 6.08 Å². The molecule has 0 atom stereocenters. The SMILES string of the molecule is CS(=O)(=O)c1ccc(C2(N=C=O)CCC2)cc1Cl. The van der Waals surface area contributed by atoms with E-state index in [9.17, 15) is 13.2 Å². The van der Waals surface area contributed by atoms with E-state index >= 15 is 0 Å². The van der Waals surface area contributed by atoms with Gasteiger partial charge in [0.15, 0.2) is 9.84 Å². The fraction of sp³-hybridized carbons (Fsp3) is 0.417. The number of hydrogen-bond acceptors (Lipinski definition) is 4. The van der Waals surface area contributed by atoms with Gasteiger partial charge in [0, 0.05) is 6.26 Å². The highest BCUT2D eigenvalue weighted by atomic mass is 35.5. The average Bonchev–Trinajstić information content (AvgIpc) is 2.21. The van der Waals surface area contributed by atoms with Crippen LogP contribution in [0.25, 0.3) is 0 Å². The lowest BCUT2D eigenvalue weighted by Gasteiger charge is -2.37. The molecule has 0 N–H and O–H groups in total. The lowest BCUT2D eigenvalue weighted by molar-refractivity contribution is 0.256. The van der Waals surface area contributed by atoms with Gasteiger partial charge in [-0.25, -0.2) is 13.2 Å². The number of aliphatic imine (C=N–C) groups is 1. The minimum absolute atomic E-state index is 0.0949. The molecule has 1 saturated carbocycles. The van der Waals surface area contributed by atoms with Crippen molar-refractivity contribution < 1.29 is 13.2 Å². The van der Waals surface area contributed by atoms with Crippen molar-refractivity contribution in [3.8, 4) is 0 Å². The molecule has 18 heavy (non-hydrogen) atoms. The van der Waals surface area contributed by atoms with Gasteiger partial charge in [-0.3, -0.25) is 0 Å². The summed E-state index contributed by atoms with van der Waals surface area (Å²) in [6.45, 7) is 0. The second-order valence-corrected chi connectivity index (χ2v) is 6.90. The first-order valence-electron chi connectivity index (χ1n) is 5.48. The summed E-state index contributed by atoms with van der Waals surface area (Å²) in [5.74, 6) is 0. The van der Waals surface area contributed by atoms with Crippen LogP contribution < -0.4 is 0 Å². The van der Waals surface area contributed by atoms with E-state index in [1.807, 2.05) is 0 Å². The third-order valence-electron chi connectivity index (χ3n) is 3.31. The molecule has 1 aliphatic rings. The average molecular weight is 286 g/mol. The monoisotopic (exact) mass is 285 g/mol. The zero-order valence-corrected chi connectivity index (χ0v) is 11.4. The molecule has 0 aromatic heterocycles. The summed E-state index contributed by atoms with van der Waals surface area (Å²) < 4.78 is 22.9. The number of halogens is 1. The van der Waals surface area contributed by atoms with Crippen LogP contribution in [-0.4, -0.2) is 20.8 Å². The number of sulfone groups is 1. The van der Waals surface area contributed by atoms with Crippen molar-refractivity contribution in [3.63, 3.8) is 0 Å². The third kappa shape index (κ3) is 2.21. The van der Waals surface area contributed by atoms with Crippen molar-refractivity contribution in [2.45, 2.75) is 29.7 Å². The standard InChI is InChI=1S/C12H12ClNO3S/c1-18(16,17)11-4-3-9(7-10(11)13)12(14-8-15)5-2-6-12/h3-4,7H,2,5-6H2,1H3. The molecule has 6 heteroatoms. The third-order valence-corrected chi connectivity index (χ3v) is 4.89. The molecule has 0 amide bonds. The van der Waals surface area contributed by atoms with Crippen LogP contribution in [0.15, 0.2) is 28.1 Å². The highest BCUT2D eigenvalue weighted by Gasteiger charge is 2.39. The quantitative estimate of drug-likeness (QED) is 0.633. The topological polar surface area (TPSA) is 63.6 Å². The maximum Gasteiger partial charge on any atom is 0.235 e. The summed E-state index contributed by atoms with van der Waals surface area (Å²) in [5.41, 5.74) is 0.219. The van der Waals surface area contributed by atoms with Gasteiger partial charge in [-0.05, 0) is 37.0 Å². The number of benzene rings is 1. The Morgan fingerprint density at radius 1 is 1.39 bits per heavy atom. The van der Waals surface area contributed by atoms with Crippen LogP contribution in [0.3, 0.4) is 0 Å². The molecular formula is C12H12ClNO3S. The van der Waals surface area contributed by atoms with Crippen molar-refractivity contribution in [3.05, 3.63) is 28.8 Å². The molecule has 0 bridgehead atoms. The molecule has 0 aliphatic heterocycles. The van der Waals surface area contributed by atoms with Crippen molar-refractivity contribution >= 4 is 27.5 Å². The second kappa shape index (κ2) is 4.50. The Morgan fingerprint density at radius 3 is 2.44 bits per heavy atom. The molecular weight excluding hydrogens is 274 g/mol. The highest BCUT2D eigenvalue weighted by molar-refractivity contribution is 7.90. The fourth-order valence-corrected chi connectivity index (χ4v) is 3.48. The van der Waals surface area contributed by atoms with Gasteiger partial charge >= 0.3 is 0 Å². The van der Waals surface area contributed by atoms with E-state index in [2.05, 4.69) is 4.99 Å². The molecule has 2 rings (SSSR count). The Labute approximate surface area is 111 Å². The zero-order valence-electron chi connectivity index (χ0n) is 9.81. The first kappa shape index (κ1) is 13.3. The van der Waals surface area contributed by atoms with Crippen LogP contribution in [0.4, 0.5) is 0 Å². The van der Waals surface area contributed by atoms with Crippen LogP contribution in [0, 0.1) is 0 Å². The summed E-state index contributed by atoms with van der Waals surface area (Å²) in [5, 5.41) is 0.169. The summed E-state index contributed by atoms with van der Waals surface area (Å²) in [6.07, 6.45) is 5.20. The van der Waals surface area contributed by atoms with Gasteiger partial charge in [-0.2, -0.15) is 4.99 Å². The fourth-order valence-electron chi connectivity index (χ4n) is 2.16. The van der Waals surface area contributed by atoms with Crippen molar-refractivity contribution in [2.75, 3.05) is 6.26 Å². The van der Waals surface area contributed by atoms with Crippen LogP contribution in [0.5, 0.6) is 0 Å². The molecule has 0 radical (unpaired) electrons. The smallest absolute Gasteiger partial charge is 0.224 e. The Kier molecular flexibility index (Phi) is 3.32. The van der Waals surface area contributed by atoms with E-state index in [1.165, 1.54) is 6.07 Å². The van der Waals surface area contributed by atoms with E-state index < -0.39 is 15.4 Å². The summed E-state index contributed by atoms with van der Waals surface area (Å²) in [4.78, 5) is 14.4. The predicted octanol–water partition coefficient (Wildman–Crippen LogP) is 2.46. The lowest BCUT2D eigenvalue weighted by Crippen LogP contribution is -2.31. The van der Waals surface area contributed by atoms with Gasteiger partial charge < -0.3 is 0 Å². The Morgan fingerprint density at radius 2 is 2.06 bits per heavy atom. The van der Waals surface area contributed by atoms with E-state index in [0.29, 0.717) is 0 Å². The first-order valence-corrected chi connectivity index (χ1v) is 7.75. The molecule has 4 nitrogen and oxygen atoms in total. The number of carbonyl (C=O) groups excluding carboxylic acids is 1. The maximum absolute atomic E-state index is 11.5. The van der Waals surface area contributed by atoms with Gasteiger partial charge in [-0.1, -0.05) is 17.7 Å². The molecule has 0 spiro atoms. The Hall–Kier alpha value is -1.16. The molecule has 0 heterocycles. The Balaban J connectivity index is 2.50. The molecule has 1 fully saturated rings. The van der Waals surface area contributed by atoms with Crippen molar-refractivity contribution in [1.82, 2.24) is 0 Å². The van der Waals surface area contributed by atoms with E-state index in [4.69, 9.17) is 11.6 Å². The minimum atomic E-state index is -3.34. The number of isocyanates is 1. The van der Waals surface area contributed by atoms with Crippen LogP contribution >= 0.6 is 11.6 Å². The van der Waals surface area contributed by atoms with Gasteiger partial charge in [0.1, 0.15) is 0 Å². The second-order valence-electron chi connectivity index (χ2n) is 4.51. The summed E-state index contributed by atoms with van der Waals surface area (Å²) in [6, 6.07) is 4.72. The van der Waals surface area contributed by atoms with Crippen molar-refractivity contribution in [2.24, 2.45) is 4.99 Å². The Bertz CT molecular complexity index is 629. The number of nitrogens with zero attached hydrogens (tertiary/aromatic N) is 1. The first-order chi connectivity index (χ1) is 8.39. The predicted molar refractivity (Wildman–Crippen MR) is 68.2 cm³/mol. The number of rotatable bonds is 3. The normalized spacial score (nSPS) is 17.7. The van der Waals surface area contributed by atoms with Crippen LogP contribution in [0.2, 0.25) is 5.02 Å². The van der Waals surface area contributed by atoms with Crippen molar-refractivity contribution in [1.29, 1.82) is 0 Å². The van der Waals surface area contributed by atoms with E-state index in [1.54, 1.807) is 18.2 Å². The largest absolute Gasteiger partial charge is 0.235 e. The molecule has 1 aromatic rings. The lowest BCUT2D eigenvalue weighted by atomic mass is 9.72. The molecule has 1 aromatic carbocycles. The van der Waals surface area contributed by atoms with Crippen LogP contribution in [0.1, 0.15) is 24.8 Å². The van der Waals surface area contributed by atoms with Gasteiger partial charge in [0.25, 0.3) is 0 Å². The number of hydrogen-bond donors (Lipinski definition) is 0.